The van der Waals surface area contributed by atoms with E-state index in [1.807, 2.05) is 25.1 Å². The van der Waals surface area contributed by atoms with Crippen LogP contribution in [0, 0.1) is 6.92 Å². The third-order valence-electron chi connectivity index (χ3n) is 3.06. The van der Waals surface area contributed by atoms with Gasteiger partial charge in [0.2, 0.25) is 0 Å². The molecule has 3 rings (SSSR count). The number of benzene rings is 1. The topological polar surface area (TPSA) is 64.2 Å². The average Bonchev–Trinajstić information content (AvgIpc) is 2.76. The van der Waals surface area contributed by atoms with Gasteiger partial charge < -0.3 is 5.32 Å². The summed E-state index contributed by atoms with van der Waals surface area (Å²) < 4.78 is 2.93. The van der Waals surface area contributed by atoms with Crippen LogP contribution in [0.5, 0.6) is 0 Å². The van der Waals surface area contributed by atoms with Crippen molar-refractivity contribution in [3.63, 3.8) is 0 Å². The minimum atomic E-state index is -0.145. The van der Waals surface area contributed by atoms with Crippen LogP contribution in [0.2, 0.25) is 0 Å². The summed E-state index contributed by atoms with van der Waals surface area (Å²) >= 11 is 0. The molecule has 2 heterocycles. The van der Waals surface area contributed by atoms with E-state index in [4.69, 9.17) is 0 Å². The number of nitrogens with one attached hydrogen (secondary N) is 1. The van der Waals surface area contributed by atoms with Crippen molar-refractivity contribution < 1.29 is 0 Å². The number of hydrogen-bond donors (Lipinski definition) is 1. The van der Waals surface area contributed by atoms with Crippen molar-refractivity contribution in [1.29, 1.82) is 0 Å². The number of hydrogen-bond acceptors (Lipinski definition) is 4. The maximum absolute atomic E-state index is 12.0. The van der Waals surface area contributed by atoms with E-state index in [9.17, 15) is 4.79 Å². The fourth-order valence-corrected chi connectivity index (χ4v) is 2.09. The van der Waals surface area contributed by atoms with Crippen LogP contribution < -0.4 is 11.0 Å². The fraction of sp³-hybridized carbons (Fsp3) is 0.214. The van der Waals surface area contributed by atoms with Crippen LogP contribution in [0.4, 0.5) is 5.69 Å². The highest BCUT2D eigenvalue weighted by atomic mass is 16.2. The van der Waals surface area contributed by atoms with E-state index < -0.39 is 0 Å². The molecule has 20 heavy (non-hydrogen) atoms. The first-order valence-electron chi connectivity index (χ1n) is 6.44. The van der Waals surface area contributed by atoms with Crippen LogP contribution in [-0.2, 0) is 6.54 Å². The monoisotopic (exact) mass is 269 g/mol. The lowest BCUT2D eigenvalue weighted by atomic mass is 10.2. The number of fused-ring (bicyclic) bond motifs is 1. The minimum Gasteiger partial charge on any atom is -0.383 e. The van der Waals surface area contributed by atoms with Gasteiger partial charge >= 0.3 is 5.69 Å². The van der Waals surface area contributed by atoms with Crippen molar-refractivity contribution in [3.05, 3.63) is 58.9 Å². The quantitative estimate of drug-likeness (QED) is 0.775. The molecule has 0 radical (unpaired) electrons. The Kier molecular flexibility index (Phi) is 3.20. The molecule has 0 aliphatic carbocycles. The molecule has 0 atom stereocenters. The van der Waals surface area contributed by atoms with Gasteiger partial charge in [-0.1, -0.05) is 12.1 Å². The predicted octanol–water partition coefficient (Wildman–Crippen LogP) is 1.31. The average molecular weight is 269 g/mol. The molecule has 6 heteroatoms. The van der Waals surface area contributed by atoms with Gasteiger partial charge in [0, 0.05) is 24.6 Å². The Balaban J connectivity index is 1.71. The summed E-state index contributed by atoms with van der Waals surface area (Å²) in [5.41, 5.74) is 2.66. The Bertz CT molecular complexity index is 789. The standard InChI is InChI=1S/C14H15N5O/c1-11-3-2-4-12(9-11)16-6-8-19-14(20)18-7-5-15-10-13(18)17-19/h2-5,7,9-10,16H,6,8H2,1H3. The molecule has 102 valence electrons. The van der Waals surface area contributed by atoms with Gasteiger partial charge in [0.05, 0.1) is 12.7 Å². The molecule has 1 N–H and O–H groups in total. The Labute approximate surface area is 115 Å². The van der Waals surface area contributed by atoms with Gasteiger partial charge in [-0.3, -0.25) is 4.98 Å². The van der Waals surface area contributed by atoms with Gasteiger partial charge in [0.25, 0.3) is 0 Å². The van der Waals surface area contributed by atoms with Crippen LogP contribution in [-0.4, -0.2) is 25.7 Å². The Morgan fingerprint density at radius 1 is 1.35 bits per heavy atom. The van der Waals surface area contributed by atoms with Crippen molar-refractivity contribution in [3.8, 4) is 0 Å². The van der Waals surface area contributed by atoms with Crippen LogP contribution in [0.1, 0.15) is 5.56 Å². The molecular weight excluding hydrogens is 254 g/mol. The Hall–Kier alpha value is -2.63. The molecular formula is C14H15N5O. The van der Waals surface area contributed by atoms with Crippen molar-refractivity contribution in [2.24, 2.45) is 0 Å². The first-order valence-corrected chi connectivity index (χ1v) is 6.44. The second kappa shape index (κ2) is 5.16. The maximum Gasteiger partial charge on any atom is 0.350 e. The highest BCUT2D eigenvalue weighted by molar-refractivity contribution is 5.45. The van der Waals surface area contributed by atoms with Gasteiger partial charge in [-0.15, -0.1) is 5.10 Å². The van der Waals surface area contributed by atoms with Crippen molar-refractivity contribution >= 4 is 11.3 Å². The molecule has 0 bridgehead atoms. The first kappa shape index (κ1) is 12.4. The van der Waals surface area contributed by atoms with Gasteiger partial charge in [-0.25, -0.2) is 13.9 Å². The Morgan fingerprint density at radius 2 is 2.25 bits per heavy atom. The maximum atomic E-state index is 12.0. The SMILES string of the molecule is Cc1cccc(NCCn2nc3cnccn3c2=O)c1. The van der Waals surface area contributed by atoms with E-state index in [0.717, 1.165) is 5.69 Å². The molecule has 2 aromatic heterocycles. The highest BCUT2D eigenvalue weighted by Gasteiger charge is 2.05. The van der Waals surface area contributed by atoms with E-state index in [0.29, 0.717) is 18.7 Å². The van der Waals surface area contributed by atoms with Crippen molar-refractivity contribution in [2.45, 2.75) is 13.5 Å². The molecule has 0 aliphatic rings. The molecule has 3 aromatic rings. The molecule has 0 aliphatic heterocycles. The minimum absolute atomic E-state index is 0.145. The van der Waals surface area contributed by atoms with Gasteiger partial charge in [0.15, 0.2) is 5.65 Å². The number of aromatic nitrogens is 4. The zero-order valence-corrected chi connectivity index (χ0v) is 11.2. The number of aryl methyl sites for hydroxylation is 1. The van der Waals surface area contributed by atoms with Crippen molar-refractivity contribution in [1.82, 2.24) is 19.2 Å². The number of nitrogens with zero attached hydrogens (tertiary/aromatic N) is 4. The summed E-state index contributed by atoms with van der Waals surface area (Å²) in [5.74, 6) is 0. The van der Waals surface area contributed by atoms with Crippen LogP contribution >= 0.6 is 0 Å². The lowest BCUT2D eigenvalue weighted by Gasteiger charge is -2.06. The molecule has 0 saturated carbocycles. The second-order valence-electron chi connectivity index (χ2n) is 4.61. The highest BCUT2D eigenvalue weighted by Crippen LogP contribution is 2.08. The largest absolute Gasteiger partial charge is 0.383 e. The molecule has 0 amide bonds. The van der Waals surface area contributed by atoms with Gasteiger partial charge in [-0.2, -0.15) is 0 Å². The second-order valence-corrected chi connectivity index (χ2v) is 4.61. The molecule has 0 fully saturated rings. The number of anilines is 1. The molecule has 0 saturated heterocycles. The van der Waals surface area contributed by atoms with Crippen LogP contribution in [0.3, 0.4) is 0 Å². The predicted molar refractivity (Wildman–Crippen MR) is 76.9 cm³/mol. The zero-order chi connectivity index (χ0) is 13.9. The summed E-state index contributed by atoms with van der Waals surface area (Å²) in [6.45, 7) is 3.19. The number of rotatable bonds is 4. The van der Waals surface area contributed by atoms with E-state index in [2.05, 4.69) is 21.5 Å². The molecule has 0 unspecified atom stereocenters. The zero-order valence-electron chi connectivity index (χ0n) is 11.2. The Morgan fingerprint density at radius 3 is 3.05 bits per heavy atom. The van der Waals surface area contributed by atoms with E-state index in [1.54, 1.807) is 18.6 Å². The summed E-state index contributed by atoms with van der Waals surface area (Å²) in [4.78, 5) is 16.0. The smallest absolute Gasteiger partial charge is 0.350 e. The van der Waals surface area contributed by atoms with Gasteiger partial charge in [0.1, 0.15) is 0 Å². The fourth-order valence-electron chi connectivity index (χ4n) is 2.09. The summed E-state index contributed by atoms with van der Waals surface area (Å²) in [5, 5.41) is 7.51. The summed E-state index contributed by atoms with van der Waals surface area (Å²) in [7, 11) is 0. The lowest BCUT2D eigenvalue weighted by Crippen LogP contribution is -2.24. The normalized spacial score (nSPS) is 10.8. The van der Waals surface area contributed by atoms with Crippen molar-refractivity contribution in [2.75, 3.05) is 11.9 Å². The van der Waals surface area contributed by atoms with Gasteiger partial charge in [-0.05, 0) is 24.6 Å². The third kappa shape index (κ3) is 2.40. The lowest BCUT2D eigenvalue weighted by molar-refractivity contribution is 0.614. The molecule has 1 aromatic carbocycles. The molecule has 6 nitrogen and oxygen atoms in total. The van der Waals surface area contributed by atoms with E-state index >= 15 is 0 Å². The third-order valence-corrected chi connectivity index (χ3v) is 3.06. The molecule has 0 spiro atoms. The van der Waals surface area contributed by atoms with Crippen LogP contribution in [0.15, 0.2) is 47.7 Å². The summed E-state index contributed by atoms with van der Waals surface area (Å²) in [6.07, 6.45) is 4.77. The summed E-state index contributed by atoms with van der Waals surface area (Å²) in [6, 6.07) is 8.12. The van der Waals surface area contributed by atoms with Crippen LogP contribution in [0.25, 0.3) is 5.65 Å². The first-order chi connectivity index (χ1) is 9.74. The van der Waals surface area contributed by atoms with E-state index in [1.165, 1.54) is 14.6 Å². The van der Waals surface area contributed by atoms with E-state index in [-0.39, 0.29) is 5.69 Å².